The zero-order valence-electron chi connectivity index (χ0n) is 25.1. The molecule has 8 nitrogen and oxygen atoms in total. The van der Waals surface area contributed by atoms with Gasteiger partial charge >= 0.3 is 11.9 Å². The van der Waals surface area contributed by atoms with E-state index in [0.717, 1.165) is 25.7 Å². The largest absolute Gasteiger partial charge is 0.462 e. The van der Waals surface area contributed by atoms with Crippen LogP contribution in [0.2, 0.25) is 0 Å². The minimum Gasteiger partial charge on any atom is -0.462 e. The first-order chi connectivity index (χ1) is 19.8. The summed E-state index contributed by atoms with van der Waals surface area (Å²) >= 11 is 0. The van der Waals surface area contributed by atoms with E-state index in [4.69, 9.17) is 9.47 Å². The summed E-state index contributed by atoms with van der Waals surface area (Å²) < 4.78 is 10.3. The third-order valence-corrected chi connectivity index (χ3v) is 6.17. The molecule has 0 aliphatic carbocycles. The van der Waals surface area contributed by atoms with Crippen molar-refractivity contribution in [1.82, 2.24) is 0 Å². The highest BCUT2D eigenvalue weighted by molar-refractivity contribution is 5.70. The summed E-state index contributed by atoms with van der Waals surface area (Å²) in [4.78, 5) is 24.0. The van der Waals surface area contributed by atoms with Gasteiger partial charge in [-0.25, -0.2) is 0 Å². The molecule has 234 valence electrons. The predicted octanol–water partition coefficient (Wildman–Crippen LogP) is 5.41. The molecule has 4 atom stereocenters. The van der Waals surface area contributed by atoms with Crippen molar-refractivity contribution in [2.45, 2.75) is 122 Å². The van der Waals surface area contributed by atoms with Crippen molar-refractivity contribution >= 4 is 11.9 Å². The van der Waals surface area contributed by atoms with E-state index in [0.29, 0.717) is 12.8 Å². The van der Waals surface area contributed by atoms with Gasteiger partial charge < -0.3 is 29.9 Å². The van der Waals surface area contributed by atoms with Gasteiger partial charge in [-0.1, -0.05) is 113 Å². The Labute approximate surface area is 247 Å². The fraction of sp³-hybridized carbons (Fsp3) is 0.636. The first-order valence-corrected chi connectivity index (χ1v) is 15.2. The van der Waals surface area contributed by atoms with Crippen LogP contribution in [0.4, 0.5) is 0 Å². The fourth-order valence-electron chi connectivity index (χ4n) is 3.72. The molecule has 0 rings (SSSR count). The van der Waals surface area contributed by atoms with Gasteiger partial charge in [0, 0.05) is 12.8 Å². The summed E-state index contributed by atoms with van der Waals surface area (Å²) in [6.07, 6.45) is 23.9. The Balaban J connectivity index is 4.09. The Morgan fingerprint density at radius 1 is 0.732 bits per heavy atom. The topological polar surface area (TPSA) is 134 Å². The van der Waals surface area contributed by atoms with Gasteiger partial charge in [0.2, 0.25) is 0 Å². The van der Waals surface area contributed by atoms with Crippen LogP contribution in [0.5, 0.6) is 0 Å². The van der Waals surface area contributed by atoms with Gasteiger partial charge in [0.05, 0.1) is 24.9 Å². The molecule has 0 aliphatic heterocycles. The summed E-state index contributed by atoms with van der Waals surface area (Å²) in [7, 11) is 0. The molecular formula is C33H54O8. The van der Waals surface area contributed by atoms with Crippen molar-refractivity contribution in [3.63, 3.8) is 0 Å². The second kappa shape index (κ2) is 27.6. The highest BCUT2D eigenvalue weighted by atomic mass is 16.6. The monoisotopic (exact) mass is 578 g/mol. The van der Waals surface area contributed by atoms with E-state index >= 15 is 0 Å². The summed E-state index contributed by atoms with van der Waals surface area (Å²) in [5.41, 5.74) is 0. The van der Waals surface area contributed by atoms with Crippen LogP contribution >= 0.6 is 0 Å². The van der Waals surface area contributed by atoms with Crippen LogP contribution in [0.25, 0.3) is 0 Å². The summed E-state index contributed by atoms with van der Waals surface area (Å²) in [5.74, 6) is -0.940. The third kappa shape index (κ3) is 25.0. The highest BCUT2D eigenvalue weighted by Gasteiger charge is 2.17. The quantitative estimate of drug-likeness (QED) is 0.0489. The molecule has 4 N–H and O–H groups in total. The number of allylic oxidation sites excluding steroid dienone is 7. The molecule has 0 aromatic rings. The van der Waals surface area contributed by atoms with E-state index in [2.05, 4.69) is 6.92 Å². The zero-order chi connectivity index (χ0) is 30.6. The van der Waals surface area contributed by atoms with Gasteiger partial charge in [-0.3, -0.25) is 9.59 Å². The van der Waals surface area contributed by atoms with Gasteiger partial charge in [0.15, 0.2) is 6.10 Å². The lowest BCUT2D eigenvalue weighted by molar-refractivity contribution is -0.161. The number of unbranched alkanes of at least 4 members (excludes halogenated alkanes) is 6. The predicted molar refractivity (Wildman–Crippen MR) is 163 cm³/mol. The van der Waals surface area contributed by atoms with Gasteiger partial charge in [-0.15, -0.1) is 0 Å². The molecule has 0 aromatic heterocycles. The van der Waals surface area contributed by atoms with Crippen molar-refractivity contribution in [2.24, 2.45) is 0 Å². The van der Waals surface area contributed by atoms with E-state index in [9.17, 15) is 30.0 Å². The standard InChI is InChI=1S/C33H54O8/c1-3-5-7-8-9-14-18-24-33(39)41-29(26-34)27-40-32(38)25-19-23-31(37)30(36)22-17-13-11-10-12-16-21-28(35)20-15-6-4-2/h6,10-13,15-17,21-22,28-31,34-37H,3-5,7-9,14,18-20,23-27H2,1-2H3/b12-10+,13-11-,15-6-,21-16+,22-17-/t28-,29+,30+,31+/m1/s1. The van der Waals surface area contributed by atoms with Crippen LogP contribution in [0.1, 0.15) is 97.3 Å². The molecule has 0 heterocycles. The normalized spacial score (nSPS) is 15.4. The molecule has 41 heavy (non-hydrogen) atoms. The maximum absolute atomic E-state index is 12.0. The van der Waals surface area contributed by atoms with Gasteiger partial charge in [-0.2, -0.15) is 0 Å². The lowest BCUT2D eigenvalue weighted by atomic mass is 10.1. The van der Waals surface area contributed by atoms with E-state index in [1.165, 1.54) is 31.8 Å². The smallest absolute Gasteiger partial charge is 0.306 e. The Kier molecular flexibility index (Phi) is 25.9. The van der Waals surface area contributed by atoms with Crippen LogP contribution in [0.15, 0.2) is 60.8 Å². The number of aliphatic hydroxyl groups is 4. The Bertz CT molecular complexity index is 799. The second-order valence-corrected chi connectivity index (χ2v) is 10.0. The zero-order valence-corrected chi connectivity index (χ0v) is 25.1. The lowest BCUT2D eigenvalue weighted by Crippen LogP contribution is -2.28. The first kappa shape index (κ1) is 38.5. The van der Waals surface area contributed by atoms with Gasteiger partial charge in [0.1, 0.15) is 6.61 Å². The highest BCUT2D eigenvalue weighted by Crippen LogP contribution is 2.10. The van der Waals surface area contributed by atoms with Crippen LogP contribution in [-0.4, -0.2) is 70.0 Å². The Hall–Kier alpha value is -2.52. The lowest BCUT2D eigenvalue weighted by Gasteiger charge is -2.16. The molecule has 0 saturated carbocycles. The van der Waals surface area contributed by atoms with Crippen LogP contribution in [-0.2, 0) is 19.1 Å². The average molecular weight is 579 g/mol. The molecule has 0 fully saturated rings. The van der Waals surface area contributed by atoms with Crippen molar-refractivity contribution in [3.05, 3.63) is 60.8 Å². The van der Waals surface area contributed by atoms with Gasteiger partial charge in [0.25, 0.3) is 0 Å². The Morgan fingerprint density at radius 2 is 1.34 bits per heavy atom. The van der Waals surface area contributed by atoms with Crippen molar-refractivity contribution in [3.8, 4) is 0 Å². The molecular weight excluding hydrogens is 524 g/mol. The molecule has 0 unspecified atom stereocenters. The fourth-order valence-corrected chi connectivity index (χ4v) is 3.72. The van der Waals surface area contributed by atoms with Crippen molar-refractivity contribution in [1.29, 1.82) is 0 Å². The summed E-state index contributed by atoms with van der Waals surface area (Å²) in [6.45, 7) is 3.55. The number of carbonyl (C=O) groups excluding carboxylic acids is 2. The molecule has 8 heteroatoms. The maximum Gasteiger partial charge on any atom is 0.306 e. The first-order valence-electron chi connectivity index (χ1n) is 15.2. The van der Waals surface area contributed by atoms with Crippen LogP contribution in [0.3, 0.4) is 0 Å². The van der Waals surface area contributed by atoms with E-state index < -0.39 is 43.0 Å². The average Bonchev–Trinajstić information content (AvgIpc) is 2.96. The Morgan fingerprint density at radius 3 is 2.00 bits per heavy atom. The summed E-state index contributed by atoms with van der Waals surface area (Å²) in [6, 6.07) is 0. The molecule has 0 aromatic carbocycles. The maximum atomic E-state index is 12.0. The van der Waals surface area contributed by atoms with Crippen LogP contribution < -0.4 is 0 Å². The number of ether oxygens (including phenoxy) is 2. The number of hydrogen-bond donors (Lipinski definition) is 4. The molecule has 0 bridgehead atoms. The number of hydrogen-bond acceptors (Lipinski definition) is 8. The van der Waals surface area contributed by atoms with E-state index in [1.54, 1.807) is 42.5 Å². The van der Waals surface area contributed by atoms with E-state index in [-0.39, 0.29) is 25.9 Å². The SMILES string of the molecule is CC/C=C\C[C@@H](O)/C=C/C=C/C=C\C=C/[C@H](O)[C@@H](O)CCCC(=O)OC[C@H](CO)OC(=O)CCCCCCCCC. The van der Waals surface area contributed by atoms with Gasteiger partial charge in [-0.05, 0) is 32.1 Å². The number of esters is 2. The van der Waals surface area contributed by atoms with Crippen molar-refractivity contribution in [2.75, 3.05) is 13.2 Å². The molecule has 0 aliphatic rings. The molecule has 0 spiro atoms. The molecule has 0 amide bonds. The minimum absolute atomic E-state index is 0.0272. The molecule has 0 radical (unpaired) electrons. The summed E-state index contributed by atoms with van der Waals surface area (Å²) in [5, 5.41) is 39.4. The van der Waals surface area contributed by atoms with Crippen molar-refractivity contribution < 1.29 is 39.5 Å². The number of carbonyl (C=O) groups is 2. The van der Waals surface area contributed by atoms with Crippen LogP contribution in [0, 0.1) is 0 Å². The third-order valence-electron chi connectivity index (χ3n) is 6.17. The molecule has 0 saturated heterocycles. The second-order valence-electron chi connectivity index (χ2n) is 10.0. The number of rotatable bonds is 25. The number of aliphatic hydroxyl groups excluding tert-OH is 4. The minimum atomic E-state index is -1.08. The van der Waals surface area contributed by atoms with E-state index in [1.807, 2.05) is 19.1 Å².